The van der Waals surface area contributed by atoms with Gasteiger partial charge in [-0.25, -0.2) is 15.2 Å². The first-order valence-electron chi connectivity index (χ1n) is 5.59. The third-order valence-corrected chi connectivity index (χ3v) is 2.46. The first kappa shape index (κ1) is 13.7. The van der Waals surface area contributed by atoms with E-state index in [-0.39, 0.29) is 18.0 Å². The number of hydrogen-bond donors (Lipinski definition) is 2. The highest BCUT2D eigenvalue weighted by Gasteiger charge is 2.11. The number of anilines is 1. The largest absolute Gasteiger partial charge is 0.484 e. The van der Waals surface area contributed by atoms with E-state index in [2.05, 4.69) is 10.4 Å². The summed E-state index contributed by atoms with van der Waals surface area (Å²) in [6.07, 6.45) is 0. The van der Waals surface area contributed by atoms with E-state index in [9.17, 15) is 14.5 Å². The summed E-state index contributed by atoms with van der Waals surface area (Å²) in [5.41, 5.74) is 2.59. The fourth-order valence-corrected chi connectivity index (χ4v) is 1.51. The number of nitrogens with one attached hydrogen (secondary N) is 1. The molecule has 0 spiro atoms. The van der Waals surface area contributed by atoms with E-state index in [4.69, 9.17) is 10.6 Å². The summed E-state index contributed by atoms with van der Waals surface area (Å²) in [7, 11) is 0. The van der Waals surface area contributed by atoms with Gasteiger partial charge in [-0.3, -0.25) is 10.1 Å². The Morgan fingerprint density at radius 3 is 2.85 bits per heavy atom. The maximum Gasteiger partial charge on any atom is 0.272 e. The molecule has 104 valence electrons. The summed E-state index contributed by atoms with van der Waals surface area (Å²) in [6.45, 7) is 0.0181. The number of nitrogens with zero attached hydrogens (tertiary/aromatic N) is 2. The highest BCUT2D eigenvalue weighted by Crippen LogP contribution is 2.23. The van der Waals surface area contributed by atoms with Crippen LogP contribution in [0.15, 0.2) is 36.4 Å². The SMILES string of the molecule is NNc1cccc(COc2ccc([N+](=O)[O-])cc2F)n1. The van der Waals surface area contributed by atoms with Crippen LogP contribution in [0.3, 0.4) is 0 Å². The zero-order valence-electron chi connectivity index (χ0n) is 10.2. The minimum Gasteiger partial charge on any atom is -0.484 e. The van der Waals surface area contributed by atoms with Gasteiger partial charge in [-0.2, -0.15) is 0 Å². The lowest BCUT2D eigenvalue weighted by molar-refractivity contribution is -0.385. The lowest BCUT2D eigenvalue weighted by Gasteiger charge is -2.07. The summed E-state index contributed by atoms with van der Waals surface area (Å²) in [5, 5.41) is 10.5. The van der Waals surface area contributed by atoms with Crippen molar-refractivity contribution in [1.82, 2.24) is 4.98 Å². The molecular formula is C12H11FN4O3. The van der Waals surface area contributed by atoms with E-state index in [1.54, 1.807) is 18.2 Å². The number of benzene rings is 1. The average molecular weight is 278 g/mol. The molecule has 0 amide bonds. The fourth-order valence-electron chi connectivity index (χ4n) is 1.51. The molecule has 0 atom stereocenters. The van der Waals surface area contributed by atoms with E-state index < -0.39 is 10.7 Å². The number of non-ortho nitro benzene ring substituents is 1. The third-order valence-electron chi connectivity index (χ3n) is 2.46. The molecule has 2 rings (SSSR count). The van der Waals surface area contributed by atoms with Crippen molar-refractivity contribution in [3.8, 4) is 5.75 Å². The van der Waals surface area contributed by atoms with Crippen LogP contribution in [0.5, 0.6) is 5.75 Å². The number of pyridine rings is 1. The number of hydrogen-bond acceptors (Lipinski definition) is 6. The van der Waals surface area contributed by atoms with Crippen molar-refractivity contribution in [2.75, 3.05) is 5.43 Å². The van der Waals surface area contributed by atoms with Crippen molar-refractivity contribution in [2.45, 2.75) is 6.61 Å². The molecule has 3 N–H and O–H groups in total. The van der Waals surface area contributed by atoms with Crippen molar-refractivity contribution >= 4 is 11.5 Å². The van der Waals surface area contributed by atoms with Gasteiger partial charge in [0.15, 0.2) is 11.6 Å². The Balaban J connectivity index is 2.08. The maximum absolute atomic E-state index is 13.6. The number of halogens is 1. The van der Waals surface area contributed by atoms with Crippen LogP contribution in [0.25, 0.3) is 0 Å². The van der Waals surface area contributed by atoms with Gasteiger partial charge in [0.2, 0.25) is 0 Å². The summed E-state index contributed by atoms with van der Waals surface area (Å²) < 4.78 is 18.8. The molecule has 0 saturated carbocycles. The van der Waals surface area contributed by atoms with Crippen molar-refractivity contribution in [3.63, 3.8) is 0 Å². The van der Waals surface area contributed by atoms with Crippen LogP contribution in [0, 0.1) is 15.9 Å². The topological polar surface area (TPSA) is 103 Å². The number of nitro benzene ring substituents is 1. The first-order valence-corrected chi connectivity index (χ1v) is 5.59. The van der Waals surface area contributed by atoms with Gasteiger partial charge in [0, 0.05) is 6.07 Å². The average Bonchev–Trinajstić information content (AvgIpc) is 2.46. The predicted octanol–water partition coefficient (Wildman–Crippen LogP) is 1.99. The second-order valence-corrected chi connectivity index (χ2v) is 3.82. The van der Waals surface area contributed by atoms with Crippen LogP contribution < -0.4 is 16.0 Å². The maximum atomic E-state index is 13.6. The van der Waals surface area contributed by atoms with Gasteiger partial charge in [-0.05, 0) is 18.2 Å². The van der Waals surface area contributed by atoms with E-state index in [0.29, 0.717) is 11.5 Å². The molecular weight excluding hydrogens is 267 g/mol. The number of nitro groups is 1. The molecule has 1 aromatic heterocycles. The van der Waals surface area contributed by atoms with Crippen molar-refractivity contribution in [1.29, 1.82) is 0 Å². The molecule has 20 heavy (non-hydrogen) atoms. The fraction of sp³-hybridized carbons (Fsp3) is 0.0833. The van der Waals surface area contributed by atoms with Gasteiger partial charge in [-0.1, -0.05) is 6.07 Å². The number of nitrogens with two attached hydrogens (primary N) is 1. The van der Waals surface area contributed by atoms with Gasteiger partial charge in [0.05, 0.1) is 16.7 Å². The van der Waals surface area contributed by atoms with Crippen molar-refractivity contribution in [3.05, 3.63) is 58.0 Å². The third kappa shape index (κ3) is 3.18. The Kier molecular flexibility index (Phi) is 4.06. The van der Waals surface area contributed by atoms with E-state index in [1.165, 1.54) is 12.1 Å². The molecule has 1 heterocycles. The van der Waals surface area contributed by atoms with Crippen LogP contribution in [-0.4, -0.2) is 9.91 Å². The van der Waals surface area contributed by atoms with Gasteiger partial charge in [0.1, 0.15) is 12.4 Å². The normalized spacial score (nSPS) is 10.1. The smallest absolute Gasteiger partial charge is 0.272 e. The molecule has 0 radical (unpaired) electrons. The number of nitrogen functional groups attached to an aromatic ring is 1. The Bertz CT molecular complexity index is 636. The number of ether oxygens (including phenoxy) is 1. The highest BCUT2D eigenvalue weighted by atomic mass is 19.1. The van der Waals surface area contributed by atoms with Gasteiger partial charge < -0.3 is 10.2 Å². The molecule has 0 aliphatic rings. The monoisotopic (exact) mass is 278 g/mol. The predicted molar refractivity (Wildman–Crippen MR) is 69.4 cm³/mol. The second kappa shape index (κ2) is 5.93. The Hall–Kier alpha value is -2.74. The quantitative estimate of drug-likeness (QED) is 0.492. The van der Waals surface area contributed by atoms with E-state index >= 15 is 0 Å². The van der Waals surface area contributed by atoms with Gasteiger partial charge >= 0.3 is 0 Å². The molecule has 0 unspecified atom stereocenters. The lowest BCUT2D eigenvalue weighted by Crippen LogP contribution is -2.10. The van der Waals surface area contributed by atoms with Crippen LogP contribution in [0.2, 0.25) is 0 Å². The van der Waals surface area contributed by atoms with Crippen LogP contribution in [0.4, 0.5) is 15.9 Å². The minimum absolute atomic E-state index is 0.0181. The zero-order valence-corrected chi connectivity index (χ0v) is 10.2. The molecule has 0 fully saturated rings. The highest BCUT2D eigenvalue weighted by molar-refractivity contribution is 5.38. The van der Waals surface area contributed by atoms with Crippen LogP contribution in [0.1, 0.15) is 5.69 Å². The Morgan fingerprint density at radius 1 is 1.40 bits per heavy atom. The lowest BCUT2D eigenvalue weighted by atomic mass is 10.3. The van der Waals surface area contributed by atoms with Crippen LogP contribution >= 0.6 is 0 Å². The first-order chi connectivity index (χ1) is 9.60. The zero-order chi connectivity index (χ0) is 14.5. The second-order valence-electron chi connectivity index (χ2n) is 3.82. The molecule has 0 aliphatic heterocycles. The summed E-state index contributed by atoms with van der Waals surface area (Å²) in [6, 6.07) is 8.25. The molecule has 8 heteroatoms. The van der Waals surface area contributed by atoms with Crippen molar-refractivity contribution < 1.29 is 14.1 Å². The van der Waals surface area contributed by atoms with Gasteiger partial charge in [0.25, 0.3) is 5.69 Å². The summed E-state index contributed by atoms with van der Waals surface area (Å²) in [5.74, 6) is 4.79. The number of aromatic nitrogens is 1. The minimum atomic E-state index is -0.799. The van der Waals surface area contributed by atoms with Crippen molar-refractivity contribution in [2.24, 2.45) is 5.84 Å². The van der Waals surface area contributed by atoms with Gasteiger partial charge in [-0.15, -0.1) is 0 Å². The molecule has 2 aromatic rings. The summed E-state index contributed by atoms with van der Waals surface area (Å²) in [4.78, 5) is 13.9. The van der Waals surface area contributed by atoms with E-state index in [1.807, 2.05) is 0 Å². The number of hydrazine groups is 1. The molecule has 0 saturated heterocycles. The molecule has 1 aromatic carbocycles. The molecule has 7 nitrogen and oxygen atoms in total. The summed E-state index contributed by atoms with van der Waals surface area (Å²) >= 11 is 0. The Labute approximate surface area is 113 Å². The molecule has 0 aliphatic carbocycles. The van der Waals surface area contributed by atoms with Crippen LogP contribution in [-0.2, 0) is 6.61 Å². The van der Waals surface area contributed by atoms with E-state index in [0.717, 1.165) is 6.07 Å². The standard InChI is InChI=1S/C12H11FN4O3/c13-10-6-9(17(18)19)4-5-11(10)20-7-8-2-1-3-12(15-8)16-14/h1-6H,7,14H2,(H,15,16). The number of rotatable bonds is 5. The molecule has 0 bridgehead atoms. The Morgan fingerprint density at radius 2 is 2.20 bits per heavy atom.